The fraction of sp³-hybridized carbons (Fsp3) is 0.823. The Hall–Kier alpha value is -2.63. The summed E-state index contributed by atoms with van der Waals surface area (Å²) in [4.78, 5) is 38.1. The van der Waals surface area contributed by atoms with Crippen molar-refractivity contribution in [3.63, 3.8) is 0 Å². The molecule has 0 saturated carbocycles. The molecule has 6 heteroatoms. The summed E-state index contributed by atoms with van der Waals surface area (Å²) in [6, 6.07) is 0. The Labute approximate surface area is 422 Å². The molecule has 6 nitrogen and oxygen atoms in total. The molecule has 0 spiro atoms. The second-order valence-corrected chi connectivity index (χ2v) is 19.9. The Morgan fingerprint density at radius 3 is 0.882 bits per heavy atom. The third-order valence-corrected chi connectivity index (χ3v) is 13.1. The quantitative estimate of drug-likeness (QED) is 0.0262. The van der Waals surface area contributed by atoms with E-state index in [-0.39, 0.29) is 37.5 Å². The summed E-state index contributed by atoms with van der Waals surface area (Å²) in [6.45, 7) is 6.60. The first-order chi connectivity index (χ1) is 33.5. The molecule has 1 atom stereocenters. The van der Waals surface area contributed by atoms with Crippen LogP contribution in [0.5, 0.6) is 0 Å². The predicted octanol–water partition coefficient (Wildman–Crippen LogP) is 19.8. The van der Waals surface area contributed by atoms with Gasteiger partial charge in [-0.1, -0.05) is 281 Å². The van der Waals surface area contributed by atoms with E-state index in [1.54, 1.807) is 0 Å². The Bertz CT molecular complexity index is 1190. The lowest BCUT2D eigenvalue weighted by molar-refractivity contribution is -0.167. The summed E-state index contributed by atoms with van der Waals surface area (Å²) in [5.41, 5.74) is 0. The van der Waals surface area contributed by atoms with E-state index in [4.69, 9.17) is 14.2 Å². The van der Waals surface area contributed by atoms with Gasteiger partial charge in [0.15, 0.2) is 6.10 Å². The Balaban J connectivity index is 4.33. The summed E-state index contributed by atoms with van der Waals surface area (Å²) in [5, 5.41) is 0. The van der Waals surface area contributed by atoms with E-state index in [2.05, 4.69) is 69.4 Å². The molecule has 68 heavy (non-hydrogen) atoms. The maximum Gasteiger partial charge on any atom is 0.306 e. The van der Waals surface area contributed by atoms with E-state index in [0.717, 1.165) is 64.2 Å². The van der Waals surface area contributed by atoms with Crippen molar-refractivity contribution in [1.29, 1.82) is 0 Å². The van der Waals surface area contributed by atoms with Crippen LogP contribution in [0.1, 0.15) is 310 Å². The van der Waals surface area contributed by atoms with Crippen LogP contribution < -0.4 is 0 Å². The molecule has 0 heterocycles. The molecule has 0 aromatic carbocycles. The van der Waals surface area contributed by atoms with Gasteiger partial charge in [0, 0.05) is 19.3 Å². The highest BCUT2D eigenvalue weighted by atomic mass is 16.6. The number of carbonyl (C=O) groups excluding carboxylic acids is 3. The van der Waals surface area contributed by atoms with Crippen LogP contribution in [0.15, 0.2) is 48.6 Å². The predicted molar refractivity (Wildman–Crippen MR) is 293 cm³/mol. The highest BCUT2D eigenvalue weighted by Crippen LogP contribution is 2.17. The van der Waals surface area contributed by atoms with Crippen LogP contribution in [0.4, 0.5) is 0 Å². The third kappa shape index (κ3) is 54.3. The van der Waals surface area contributed by atoms with Crippen molar-refractivity contribution in [1.82, 2.24) is 0 Å². The van der Waals surface area contributed by atoms with Gasteiger partial charge in [-0.2, -0.15) is 0 Å². The van der Waals surface area contributed by atoms with Crippen molar-refractivity contribution in [2.24, 2.45) is 0 Å². The maximum absolute atomic E-state index is 12.8. The monoisotopic (exact) mass is 953 g/mol. The second kappa shape index (κ2) is 57.0. The standard InChI is InChI=1S/C62H112O6/c1-4-7-10-13-16-19-22-25-27-29-30-31-32-34-36-38-41-43-46-49-52-55-61(64)67-58-59(68-62(65)56-53-50-47-44-39-24-21-18-15-12-9-6-3)57-66-60(63)54-51-48-45-42-40-37-35-33-28-26-23-20-17-14-11-8-5-2/h17,20,26,28,35,37,42,45,59H,4-16,18-19,21-25,27,29-34,36,38-41,43-44,46-58H2,1-3H3/b20-17-,28-26-,37-35-,45-42-/t59-/m1/s1. The normalized spacial score (nSPS) is 12.3. The Morgan fingerprint density at radius 2 is 0.544 bits per heavy atom. The molecule has 0 amide bonds. The van der Waals surface area contributed by atoms with Crippen molar-refractivity contribution in [3.8, 4) is 0 Å². The molecule has 0 radical (unpaired) electrons. The lowest BCUT2D eigenvalue weighted by Crippen LogP contribution is -2.30. The topological polar surface area (TPSA) is 78.9 Å². The van der Waals surface area contributed by atoms with Crippen LogP contribution in [0.2, 0.25) is 0 Å². The maximum atomic E-state index is 12.8. The lowest BCUT2D eigenvalue weighted by atomic mass is 10.0. The molecule has 0 N–H and O–H groups in total. The van der Waals surface area contributed by atoms with Gasteiger partial charge in [-0.15, -0.1) is 0 Å². The fourth-order valence-electron chi connectivity index (χ4n) is 8.61. The molecule has 0 unspecified atom stereocenters. The van der Waals surface area contributed by atoms with E-state index in [1.165, 1.54) is 199 Å². The highest BCUT2D eigenvalue weighted by molar-refractivity contribution is 5.71. The number of hydrogen-bond acceptors (Lipinski definition) is 6. The van der Waals surface area contributed by atoms with Gasteiger partial charge in [0.05, 0.1) is 0 Å². The smallest absolute Gasteiger partial charge is 0.306 e. The van der Waals surface area contributed by atoms with Crippen molar-refractivity contribution >= 4 is 17.9 Å². The van der Waals surface area contributed by atoms with Crippen molar-refractivity contribution < 1.29 is 28.6 Å². The van der Waals surface area contributed by atoms with Gasteiger partial charge in [0.25, 0.3) is 0 Å². The fourth-order valence-corrected chi connectivity index (χ4v) is 8.61. The molecule has 0 bridgehead atoms. The van der Waals surface area contributed by atoms with Crippen molar-refractivity contribution in [2.45, 2.75) is 316 Å². The van der Waals surface area contributed by atoms with E-state index < -0.39 is 6.10 Å². The van der Waals surface area contributed by atoms with E-state index in [1.807, 2.05) is 0 Å². The van der Waals surface area contributed by atoms with Crippen LogP contribution in [0.3, 0.4) is 0 Å². The average Bonchev–Trinajstić information content (AvgIpc) is 3.34. The van der Waals surface area contributed by atoms with Crippen LogP contribution in [0, 0.1) is 0 Å². The largest absolute Gasteiger partial charge is 0.462 e. The van der Waals surface area contributed by atoms with Gasteiger partial charge in [0.1, 0.15) is 13.2 Å². The van der Waals surface area contributed by atoms with Crippen molar-refractivity contribution in [3.05, 3.63) is 48.6 Å². The molecule has 0 saturated heterocycles. The summed E-state index contributed by atoms with van der Waals surface area (Å²) in [7, 11) is 0. The summed E-state index contributed by atoms with van der Waals surface area (Å²) in [5.74, 6) is -0.928. The van der Waals surface area contributed by atoms with Gasteiger partial charge in [-0.25, -0.2) is 0 Å². The molecule has 0 aromatic rings. The number of unbranched alkanes of at least 4 members (excludes halogenated alkanes) is 35. The molecule has 0 aliphatic heterocycles. The number of hydrogen-bond donors (Lipinski definition) is 0. The van der Waals surface area contributed by atoms with E-state index in [0.29, 0.717) is 19.3 Å². The highest BCUT2D eigenvalue weighted by Gasteiger charge is 2.19. The number of rotatable bonds is 54. The average molecular weight is 954 g/mol. The molecular weight excluding hydrogens is 841 g/mol. The zero-order valence-electron chi connectivity index (χ0n) is 45.4. The van der Waals surface area contributed by atoms with E-state index >= 15 is 0 Å². The van der Waals surface area contributed by atoms with Gasteiger partial charge in [-0.05, 0) is 57.8 Å². The first-order valence-electron chi connectivity index (χ1n) is 29.6. The zero-order chi connectivity index (χ0) is 49.3. The van der Waals surface area contributed by atoms with Crippen molar-refractivity contribution in [2.75, 3.05) is 13.2 Å². The minimum absolute atomic E-state index is 0.0855. The van der Waals surface area contributed by atoms with Gasteiger partial charge in [0.2, 0.25) is 0 Å². The first kappa shape index (κ1) is 65.4. The van der Waals surface area contributed by atoms with Gasteiger partial charge in [-0.3, -0.25) is 14.4 Å². The summed E-state index contributed by atoms with van der Waals surface area (Å²) >= 11 is 0. The molecule has 0 rings (SSSR count). The SMILES string of the molecule is CCCCC/C=C\C/C=C\C/C=C\C/C=C\CCCC(=O)OC[C@H](COC(=O)CCCCCCCCCCCCCCCCCCCCCCC)OC(=O)CCCCCCCCCCCCCC. The van der Waals surface area contributed by atoms with Crippen LogP contribution in [-0.4, -0.2) is 37.2 Å². The van der Waals surface area contributed by atoms with Gasteiger partial charge >= 0.3 is 17.9 Å². The number of ether oxygens (including phenoxy) is 3. The number of carbonyl (C=O) groups is 3. The van der Waals surface area contributed by atoms with Crippen LogP contribution in [-0.2, 0) is 28.6 Å². The first-order valence-corrected chi connectivity index (χ1v) is 29.6. The summed E-state index contributed by atoms with van der Waals surface area (Å²) < 4.78 is 16.8. The number of esters is 3. The zero-order valence-corrected chi connectivity index (χ0v) is 45.4. The summed E-state index contributed by atoms with van der Waals surface area (Å²) in [6.07, 6.45) is 69.7. The number of allylic oxidation sites excluding steroid dienone is 8. The minimum atomic E-state index is -0.791. The van der Waals surface area contributed by atoms with Crippen LogP contribution >= 0.6 is 0 Å². The second-order valence-electron chi connectivity index (χ2n) is 19.9. The Kier molecular flexibility index (Phi) is 54.8. The Morgan fingerprint density at radius 1 is 0.294 bits per heavy atom. The minimum Gasteiger partial charge on any atom is -0.462 e. The van der Waals surface area contributed by atoms with E-state index in [9.17, 15) is 14.4 Å². The molecule has 0 aliphatic rings. The lowest BCUT2D eigenvalue weighted by Gasteiger charge is -2.18. The molecule has 0 aliphatic carbocycles. The molecular formula is C62H112O6. The third-order valence-electron chi connectivity index (χ3n) is 13.1. The van der Waals surface area contributed by atoms with Crippen LogP contribution in [0.25, 0.3) is 0 Å². The molecule has 0 aromatic heterocycles. The molecule has 0 fully saturated rings. The van der Waals surface area contributed by atoms with Gasteiger partial charge < -0.3 is 14.2 Å². The molecule has 396 valence electrons.